The number of Topliss-reactive ketones (excluding diaryl/α,β-unsaturated/α-hetero) is 1. The van der Waals surface area contributed by atoms with E-state index in [1.54, 1.807) is 34.0 Å². The molecule has 1 radical (unpaired) electrons. The summed E-state index contributed by atoms with van der Waals surface area (Å²) >= 11 is -2.64. The average Bonchev–Trinajstić information content (AvgIpc) is 3.53. The van der Waals surface area contributed by atoms with Gasteiger partial charge < -0.3 is 0 Å². The van der Waals surface area contributed by atoms with E-state index in [1.165, 1.54) is 38.5 Å². The molecule has 0 spiro atoms. The van der Waals surface area contributed by atoms with E-state index in [0.717, 1.165) is 35.7 Å². The van der Waals surface area contributed by atoms with Gasteiger partial charge in [-0.25, -0.2) is 0 Å². The first-order valence-corrected chi connectivity index (χ1v) is 17.4. The molecule has 183 valence electrons. The summed E-state index contributed by atoms with van der Waals surface area (Å²) in [5.41, 5.74) is 13.8. The molecule has 1 heterocycles. The number of nitrogens with zero attached hydrogens (tertiary/aromatic N) is 1. The number of carbonyl (C=O) groups excluding carboxylic acids is 2. The second-order valence-corrected chi connectivity index (χ2v) is 17.1. The van der Waals surface area contributed by atoms with Crippen molar-refractivity contribution in [2.75, 3.05) is 20.2 Å². The van der Waals surface area contributed by atoms with Crippen molar-refractivity contribution in [1.82, 2.24) is 3.54 Å². The average molecular weight is 571 g/mol. The van der Waals surface area contributed by atoms with Gasteiger partial charge >= 0.3 is 211 Å². The number of ether oxygens (including phenoxy) is 1. The second kappa shape index (κ2) is 12.3. The first kappa shape index (κ1) is 25.4. The van der Waals surface area contributed by atoms with E-state index in [1.807, 2.05) is 7.05 Å². The van der Waals surface area contributed by atoms with Crippen molar-refractivity contribution >= 4 is 38.0 Å². The van der Waals surface area contributed by atoms with Crippen molar-refractivity contribution in [3.63, 3.8) is 0 Å². The number of fused-ring (bicyclic) bond motifs is 2. The number of hydrogen-bond acceptors (Lipinski definition) is 6. The van der Waals surface area contributed by atoms with Crippen LogP contribution in [-0.2, 0) is 46.4 Å². The van der Waals surface area contributed by atoms with Gasteiger partial charge in [0.15, 0.2) is 0 Å². The van der Waals surface area contributed by atoms with E-state index in [9.17, 15) is 9.59 Å². The van der Waals surface area contributed by atoms with Gasteiger partial charge in [0.1, 0.15) is 0 Å². The number of nitrogens with one attached hydrogen (secondary N) is 1. The van der Waals surface area contributed by atoms with Gasteiger partial charge in [0.05, 0.1) is 0 Å². The van der Waals surface area contributed by atoms with Crippen LogP contribution in [0.15, 0.2) is 20.8 Å². The summed E-state index contributed by atoms with van der Waals surface area (Å²) in [6.07, 6.45) is 14.4. The maximum atomic E-state index is 12.8. The van der Waals surface area contributed by atoms with Gasteiger partial charge in [-0.05, 0) is 0 Å². The molecule has 0 amide bonds. The summed E-state index contributed by atoms with van der Waals surface area (Å²) in [6.45, 7) is 1.36. The van der Waals surface area contributed by atoms with Gasteiger partial charge in [-0.15, -0.1) is 0 Å². The molecule has 6 nitrogen and oxygen atoms in total. The number of benzene rings is 1. The molecule has 34 heavy (non-hydrogen) atoms. The molecule has 0 bridgehead atoms. The third-order valence-corrected chi connectivity index (χ3v) is 15.1. The molecule has 3 aliphatic rings. The van der Waals surface area contributed by atoms with Crippen molar-refractivity contribution in [2.24, 2.45) is 10.7 Å². The Labute approximate surface area is 210 Å². The fourth-order valence-corrected chi connectivity index (χ4v) is 12.0. The van der Waals surface area contributed by atoms with Crippen LogP contribution in [0.3, 0.4) is 0 Å². The molecule has 0 fully saturated rings. The molecule has 4 rings (SSSR count). The number of aryl methyl sites for hydroxylation is 2. The van der Waals surface area contributed by atoms with Crippen LogP contribution in [0, 0.1) is 0 Å². The number of rotatable bonds is 12. The summed E-state index contributed by atoms with van der Waals surface area (Å²) in [7, 11) is 1.89. The van der Waals surface area contributed by atoms with Crippen molar-refractivity contribution in [3.8, 4) is 0 Å². The molecule has 3 N–H and O–H groups in total. The predicted molar refractivity (Wildman–Crippen MR) is 137 cm³/mol. The molecule has 1 aliphatic heterocycles. The van der Waals surface area contributed by atoms with Crippen LogP contribution in [0.5, 0.6) is 0 Å². The summed E-state index contributed by atoms with van der Waals surface area (Å²) < 4.78 is 9.83. The van der Waals surface area contributed by atoms with Gasteiger partial charge in [0.25, 0.3) is 0 Å². The normalized spacial score (nSPS) is 18.3. The van der Waals surface area contributed by atoms with E-state index in [0.29, 0.717) is 31.8 Å². The van der Waals surface area contributed by atoms with Crippen molar-refractivity contribution < 1.29 is 14.3 Å². The Morgan fingerprint density at radius 1 is 1.18 bits per heavy atom. The summed E-state index contributed by atoms with van der Waals surface area (Å²) in [4.78, 5) is 29.2. The van der Waals surface area contributed by atoms with E-state index < -0.39 is 20.0 Å². The number of carbonyl (C=O) groups is 2. The monoisotopic (exact) mass is 572 g/mol. The molecular weight excluding hydrogens is 533 g/mol. The number of nitrogens with two attached hydrogens (primary N) is 1. The van der Waals surface area contributed by atoms with E-state index >= 15 is 0 Å². The van der Waals surface area contributed by atoms with E-state index in [2.05, 4.69) is 14.6 Å². The third kappa shape index (κ3) is 5.75. The van der Waals surface area contributed by atoms with E-state index in [4.69, 9.17) is 10.5 Å². The van der Waals surface area contributed by atoms with Gasteiger partial charge in [0.2, 0.25) is 0 Å². The van der Waals surface area contributed by atoms with Gasteiger partial charge in [-0.2, -0.15) is 0 Å². The zero-order chi connectivity index (χ0) is 23.9. The molecule has 2 aliphatic carbocycles. The van der Waals surface area contributed by atoms with Crippen LogP contribution in [0.2, 0.25) is 3.93 Å². The standard InChI is InChI=1S/C20H25O2.C6H9N2O.CH4N.Sn/c21-13-2-1-8-17(22)9-5-12-20-18-10-3-6-15(18)14-16-7-4-11-19(16)20;7-3-2-6-8-4-1-5-9-6;1-2;/h2,13-14H,1,3-12H2;3H,1,4-5,7H2;2H,1H3;/q;;-1;+1. The van der Waals surface area contributed by atoms with Crippen molar-refractivity contribution in [3.05, 3.63) is 43.7 Å². The van der Waals surface area contributed by atoms with Crippen molar-refractivity contribution in [1.29, 1.82) is 0 Å². The molecule has 0 saturated carbocycles. The number of aliphatic imine (C=N–C) groups is 1. The number of ketones is 1. The Kier molecular flexibility index (Phi) is 9.23. The topological polar surface area (TPSA) is 93.8 Å². The molecule has 1 aromatic carbocycles. The molecule has 7 heteroatoms. The first-order valence-electron chi connectivity index (χ1n) is 12.9. The Balaban J connectivity index is 1.31. The fourth-order valence-electron chi connectivity index (χ4n) is 5.84. The van der Waals surface area contributed by atoms with Crippen molar-refractivity contribution in [2.45, 2.75) is 81.0 Å². The first-order chi connectivity index (χ1) is 16.7. The van der Waals surface area contributed by atoms with Gasteiger partial charge in [-0.1, -0.05) is 0 Å². The van der Waals surface area contributed by atoms with Crippen LogP contribution >= 0.6 is 0 Å². The number of aldehydes is 1. The Morgan fingerprint density at radius 3 is 2.50 bits per heavy atom. The summed E-state index contributed by atoms with van der Waals surface area (Å²) in [6, 6.07) is 2.47. The zero-order valence-electron chi connectivity index (χ0n) is 20.5. The summed E-state index contributed by atoms with van der Waals surface area (Å²) in [5.74, 6) is 0.859. The predicted octanol–water partition coefficient (Wildman–Crippen LogP) is 3.32. The molecule has 1 unspecified atom stereocenters. The molecular formula is C27H38N3O3Sn. The molecule has 0 saturated heterocycles. The molecule has 0 aromatic heterocycles. The Bertz CT molecular complexity index is 940. The third-order valence-electron chi connectivity index (χ3n) is 7.50. The van der Waals surface area contributed by atoms with E-state index in [-0.39, 0.29) is 9.72 Å². The fraction of sp³-hybridized carbons (Fsp3) is 0.593. The Hall–Kier alpha value is -1.67. The minimum atomic E-state index is -2.64. The van der Waals surface area contributed by atoms with Crippen LogP contribution in [0.1, 0.15) is 72.8 Å². The zero-order valence-corrected chi connectivity index (χ0v) is 23.3. The SMILES string of the molecule is C[NH][Sn](/[C](=C/N)C1=NCCCO1)[CH](C=O)CCC(=O)CCCc1c2c(cc3c1CCC3)CCC2. The quantitative estimate of drug-likeness (QED) is 0.297. The summed E-state index contributed by atoms with van der Waals surface area (Å²) in [5, 5.41) is 0. The van der Waals surface area contributed by atoms with Crippen LogP contribution in [0.4, 0.5) is 0 Å². The number of hydrogen-bond donors (Lipinski definition) is 2. The van der Waals surface area contributed by atoms with Crippen LogP contribution < -0.4 is 9.27 Å². The van der Waals surface area contributed by atoms with Gasteiger partial charge in [-0.3, -0.25) is 0 Å². The van der Waals surface area contributed by atoms with Crippen LogP contribution in [-0.4, -0.2) is 58.2 Å². The molecule has 1 atom stereocenters. The van der Waals surface area contributed by atoms with Crippen LogP contribution in [0.25, 0.3) is 0 Å². The van der Waals surface area contributed by atoms with Gasteiger partial charge in [0, 0.05) is 0 Å². The minimum absolute atomic E-state index is 0.167. The Morgan fingerprint density at radius 2 is 1.91 bits per heavy atom. The maximum absolute atomic E-state index is 12.8. The molecule has 1 aromatic rings. The second-order valence-electron chi connectivity index (χ2n) is 9.64.